The monoisotopic (exact) mass is 428 g/mol. The van der Waals surface area contributed by atoms with E-state index in [4.69, 9.17) is 0 Å². The molecule has 1 aliphatic rings. The minimum Gasteiger partial charge on any atom is -0.359 e. The van der Waals surface area contributed by atoms with Crippen LogP contribution in [0, 0.1) is 5.41 Å². The Bertz CT molecular complexity index is 1070. The lowest BCUT2D eigenvalue weighted by Crippen LogP contribution is -2.54. The van der Waals surface area contributed by atoms with Gasteiger partial charge in [-0.2, -0.15) is 0 Å². The van der Waals surface area contributed by atoms with Gasteiger partial charge in [-0.15, -0.1) is 0 Å². The number of hydrogen-bond acceptors (Lipinski definition) is 4. The molecule has 1 aliphatic heterocycles. The molecule has 0 spiro atoms. The maximum atomic E-state index is 13.2. The standard InChI is InChI=1S/C26H28N4O2/c1-27-25(32)26(16-21-8-2-3-10-23(21)22-9-5-13-29-18-22)11-6-14-30(19-26)24(31)15-20-7-4-12-28-17-20/h2-5,7-10,12-13,17-18H,6,11,14-16,19H2,1H3,(H,27,32)/t26-/m0/s1. The van der Waals surface area contributed by atoms with Crippen LogP contribution in [0.2, 0.25) is 0 Å². The van der Waals surface area contributed by atoms with Crippen molar-refractivity contribution in [3.05, 3.63) is 84.4 Å². The highest BCUT2D eigenvalue weighted by Crippen LogP contribution is 2.37. The second kappa shape index (κ2) is 9.73. The van der Waals surface area contributed by atoms with Crippen LogP contribution in [0.15, 0.2) is 73.3 Å². The van der Waals surface area contributed by atoms with E-state index in [1.165, 1.54) is 0 Å². The molecule has 1 saturated heterocycles. The highest BCUT2D eigenvalue weighted by Gasteiger charge is 2.43. The second-order valence-electron chi connectivity index (χ2n) is 8.39. The van der Waals surface area contributed by atoms with Gasteiger partial charge in [0.15, 0.2) is 0 Å². The summed E-state index contributed by atoms with van der Waals surface area (Å²) < 4.78 is 0. The average Bonchev–Trinajstić information content (AvgIpc) is 2.85. The molecular formula is C26H28N4O2. The van der Waals surface area contributed by atoms with Crippen LogP contribution in [-0.2, 0) is 22.4 Å². The normalized spacial score (nSPS) is 18.2. The van der Waals surface area contributed by atoms with Crippen molar-refractivity contribution in [3.8, 4) is 11.1 Å². The molecule has 32 heavy (non-hydrogen) atoms. The fraction of sp³-hybridized carbons (Fsp3) is 0.308. The Morgan fingerprint density at radius 3 is 2.53 bits per heavy atom. The molecule has 0 aliphatic carbocycles. The van der Waals surface area contributed by atoms with E-state index in [1.54, 1.807) is 25.6 Å². The summed E-state index contributed by atoms with van der Waals surface area (Å²) in [5.41, 5.74) is 3.40. The van der Waals surface area contributed by atoms with Crippen molar-refractivity contribution in [1.29, 1.82) is 0 Å². The molecule has 0 saturated carbocycles. The van der Waals surface area contributed by atoms with E-state index in [0.717, 1.165) is 35.1 Å². The summed E-state index contributed by atoms with van der Waals surface area (Å²) in [6, 6.07) is 15.8. The van der Waals surface area contributed by atoms with Crippen LogP contribution in [0.25, 0.3) is 11.1 Å². The first-order chi connectivity index (χ1) is 15.6. The lowest BCUT2D eigenvalue weighted by atomic mass is 9.73. The highest BCUT2D eigenvalue weighted by molar-refractivity contribution is 5.85. The van der Waals surface area contributed by atoms with E-state index in [9.17, 15) is 9.59 Å². The fourth-order valence-electron chi connectivity index (χ4n) is 4.65. The van der Waals surface area contributed by atoms with E-state index in [2.05, 4.69) is 27.4 Å². The summed E-state index contributed by atoms with van der Waals surface area (Å²) in [5, 5.41) is 2.86. The molecule has 0 radical (unpaired) electrons. The summed E-state index contributed by atoms with van der Waals surface area (Å²) in [7, 11) is 1.67. The molecule has 0 unspecified atom stereocenters. The van der Waals surface area contributed by atoms with E-state index in [0.29, 0.717) is 25.9 Å². The quantitative estimate of drug-likeness (QED) is 0.654. The number of benzene rings is 1. The largest absolute Gasteiger partial charge is 0.359 e. The number of nitrogens with one attached hydrogen (secondary N) is 1. The number of nitrogens with zero attached hydrogens (tertiary/aromatic N) is 3. The van der Waals surface area contributed by atoms with E-state index < -0.39 is 5.41 Å². The third-order valence-electron chi connectivity index (χ3n) is 6.24. The van der Waals surface area contributed by atoms with Crippen LogP contribution in [0.4, 0.5) is 0 Å². The molecule has 1 N–H and O–H groups in total. The molecule has 0 bridgehead atoms. The summed E-state index contributed by atoms with van der Waals surface area (Å²) in [4.78, 5) is 36.5. The van der Waals surface area contributed by atoms with Crippen LogP contribution < -0.4 is 5.32 Å². The highest BCUT2D eigenvalue weighted by atomic mass is 16.2. The predicted octanol–water partition coefficient (Wildman–Crippen LogP) is 3.28. The molecule has 2 amide bonds. The van der Waals surface area contributed by atoms with Crippen molar-refractivity contribution in [2.45, 2.75) is 25.7 Å². The number of piperidine rings is 1. The van der Waals surface area contributed by atoms with E-state index in [1.807, 2.05) is 47.5 Å². The third kappa shape index (κ3) is 4.69. The Morgan fingerprint density at radius 2 is 1.81 bits per heavy atom. The van der Waals surface area contributed by atoms with Gasteiger partial charge in [-0.05, 0) is 48.1 Å². The van der Waals surface area contributed by atoms with Crippen LogP contribution in [0.5, 0.6) is 0 Å². The van der Waals surface area contributed by atoms with Crippen LogP contribution in [0.3, 0.4) is 0 Å². The van der Waals surface area contributed by atoms with Crippen molar-refractivity contribution in [3.63, 3.8) is 0 Å². The molecule has 1 aromatic carbocycles. The number of pyridine rings is 2. The van der Waals surface area contributed by atoms with Crippen molar-refractivity contribution in [2.24, 2.45) is 5.41 Å². The maximum Gasteiger partial charge on any atom is 0.228 e. The summed E-state index contributed by atoms with van der Waals surface area (Å²) >= 11 is 0. The zero-order valence-electron chi connectivity index (χ0n) is 18.3. The van der Waals surface area contributed by atoms with Gasteiger partial charge < -0.3 is 10.2 Å². The van der Waals surface area contributed by atoms with E-state index >= 15 is 0 Å². The van der Waals surface area contributed by atoms with Crippen molar-refractivity contribution in [1.82, 2.24) is 20.2 Å². The lowest BCUT2D eigenvalue weighted by molar-refractivity contribution is -0.141. The molecule has 4 rings (SSSR count). The van der Waals surface area contributed by atoms with Gasteiger partial charge in [-0.3, -0.25) is 19.6 Å². The van der Waals surface area contributed by atoms with Gasteiger partial charge in [0.05, 0.1) is 11.8 Å². The summed E-state index contributed by atoms with van der Waals surface area (Å²) in [6.45, 7) is 1.08. The first kappa shape index (κ1) is 21.7. The Morgan fingerprint density at radius 1 is 1.03 bits per heavy atom. The number of rotatable bonds is 6. The summed E-state index contributed by atoms with van der Waals surface area (Å²) in [6.07, 6.45) is 9.41. The molecule has 3 heterocycles. The Hall–Kier alpha value is -3.54. The number of aromatic nitrogens is 2. The molecule has 2 aromatic heterocycles. The average molecular weight is 429 g/mol. The molecular weight excluding hydrogens is 400 g/mol. The van der Waals surface area contributed by atoms with Gasteiger partial charge in [0.2, 0.25) is 11.8 Å². The number of carbonyl (C=O) groups is 2. The molecule has 1 atom stereocenters. The number of carbonyl (C=O) groups excluding carboxylic acids is 2. The van der Waals surface area contributed by atoms with Gasteiger partial charge >= 0.3 is 0 Å². The van der Waals surface area contributed by atoms with Gasteiger partial charge in [-0.25, -0.2) is 0 Å². The zero-order valence-corrected chi connectivity index (χ0v) is 18.3. The first-order valence-electron chi connectivity index (χ1n) is 11.0. The van der Waals surface area contributed by atoms with Gasteiger partial charge in [0.1, 0.15) is 0 Å². The lowest BCUT2D eigenvalue weighted by Gasteiger charge is -2.42. The molecule has 6 heteroatoms. The Labute approximate surface area is 188 Å². The van der Waals surface area contributed by atoms with Crippen molar-refractivity contribution < 1.29 is 9.59 Å². The van der Waals surface area contributed by atoms with Gasteiger partial charge in [0.25, 0.3) is 0 Å². The van der Waals surface area contributed by atoms with Gasteiger partial charge in [-0.1, -0.05) is 36.4 Å². The van der Waals surface area contributed by atoms with Crippen molar-refractivity contribution >= 4 is 11.8 Å². The fourth-order valence-corrected chi connectivity index (χ4v) is 4.65. The van der Waals surface area contributed by atoms with Gasteiger partial charge in [0, 0.05) is 50.5 Å². The zero-order chi connectivity index (χ0) is 22.4. The molecule has 3 aromatic rings. The third-order valence-corrected chi connectivity index (χ3v) is 6.24. The molecule has 1 fully saturated rings. The van der Waals surface area contributed by atoms with Crippen LogP contribution in [-0.4, -0.2) is 46.8 Å². The first-order valence-corrected chi connectivity index (χ1v) is 11.0. The van der Waals surface area contributed by atoms with Crippen LogP contribution in [0.1, 0.15) is 24.0 Å². The topological polar surface area (TPSA) is 75.2 Å². The van der Waals surface area contributed by atoms with E-state index in [-0.39, 0.29) is 11.8 Å². The molecule has 164 valence electrons. The minimum absolute atomic E-state index is 0.0163. The van der Waals surface area contributed by atoms with Crippen LogP contribution >= 0.6 is 0 Å². The predicted molar refractivity (Wildman–Crippen MR) is 124 cm³/mol. The van der Waals surface area contributed by atoms with Crippen molar-refractivity contribution in [2.75, 3.05) is 20.1 Å². The molecule has 6 nitrogen and oxygen atoms in total. The second-order valence-corrected chi connectivity index (χ2v) is 8.39. The smallest absolute Gasteiger partial charge is 0.228 e. The Kier molecular flexibility index (Phi) is 6.59. The number of likely N-dealkylation sites (tertiary alicyclic amines) is 1. The Balaban J connectivity index is 1.61. The summed E-state index contributed by atoms with van der Waals surface area (Å²) in [5.74, 6) is 0.0175. The minimum atomic E-state index is -0.671. The SMILES string of the molecule is CNC(=O)[C@]1(Cc2ccccc2-c2cccnc2)CCCN(C(=O)Cc2cccnc2)C1. The number of amides is 2. The number of hydrogen-bond donors (Lipinski definition) is 1. The maximum absolute atomic E-state index is 13.2.